The lowest BCUT2D eigenvalue weighted by atomic mass is 10.2. The Morgan fingerprint density at radius 2 is 2.13 bits per heavy atom. The summed E-state index contributed by atoms with van der Waals surface area (Å²) in [6.45, 7) is 2.11. The van der Waals surface area contributed by atoms with Crippen molar-refractivity contribution < 1.29 is 4.79 Å². The van der Waals surface area contributed by atoms with Gasteiger partial charge in [-0.2, -0.15) is 5.26 Å². The predicted molar refractivity (Wildman–Crippen MR) is 58.2 cm³/mol. The summed E-state index contributed by atoms with van der Waals surface area (Å²) in [4.78, 5) is 11.3. The summed E-state index contributed by atoms with van der Waals surface area (Å²) < 4.78 is 0. The molecule has 0 aliphatic rings. The first-order valence-corrected chi connectivity index (χ1v) is 4.72. The number of nitrogens with zero attached hydrogens (tertiary/aromatic N) is 1. The van der Waals surface area contributed by atoms with Gasteiger partial charge in [0, 0.05) is 12.2 Å². The molecule has 0 heterocycles. The van der Waals surface area contributed by atoms with Crippen molar-refractivity contribution in [3.05, 3.63) is 30.3 Å². The SMILES string of the molecule is CC(C#N)CNC(=O)Nc1ccccc1. The Labute approximate surface area is 88.9 Å². The van der Waals surface area contributed by atoms with Gasteiger partial charge in [-0.1, -0.05) is 18.2 Å². The van der Waals surface area contributed by atoms with E-state index in [4.69, 9.17) is 5.26 Å². The van der Waals surface area contributed by atoms with Crippen LogP contribution in [0, 0.1) is 17.2 Å². The van der Waals surface area contributed by atoms with E-state index in [2.05, 4.69) is 10.6 Å². The molecule has 4 nitrogen and oxygen atoms in total. The average molecular weight is 203 g/mol. The number of urea groups is 1. The zero-order chi connectivity index (χ0) is 11.1. The molecule has 0 spiro atoms. The number of rotatable bonds is 3. The Morgan fingerprint density at radius 1 is 1.47 bits per heavy atom. The van der Waals surface area contributed by atoms with Crippen molar-refractivity contribution in [3.8, 4) is 6.07 Å². The number of amides is 2. The summed E-state index contributed by atoms with van der Waals surface area (Å²) in [5.74, 6) is -0.175. The van der Waals surface area contributed by atoms with E-state index in [-0.39, 0.29) is 11.9 Å². The number of carbonyl (C=O) groups is 1. The van der Waals surface area contributed by atoms with Crippen LogP contribution in [0.1, 0.15) is 6.92 Å². The van der Waals surface area contributed by atoms with Crippen molar-refractivity contribution in [2.24, 2.45) is 5.92 Å². The van der Waals surface area contributed by atoms with E-state index in [1.54, 1.807) is 19.1 Å². The largest absolute Gasteiger partial charge is 0.337 e. The van der Waals surface area contributed by atoms with E-state index < -0.39 is 0 Å². The fourth-order valence-electron chi connectivity index (χ4n) is 0.988. The van der Waals surface area contributed by atoms with Gasteiger partial charge in [0.1, 0.15) is 0 Å². The third-order valence-electron chi connectivity index (χ3n) is 1.82. The van der Waals surface area contributed by atoms with E-state index in [1.165, 1.54) is 0 Å². The van der Waals surface area contributed by atoms with Crippen molar-refractivity contribution >= 4 is 11.7 Å². The van der Waals surface area contributed by atoms with Crippen LogP contribution in [0.25, 0.3) is 0 Å². The van der Waals surface area contributed by atoms with Crippen LogP contribution in [-0.2, 0) is 0 Å². The quantitative estimate of drug-likeness (QED) is 0.788. The second-order valence-corrected chi connectivity index (χ2v) is 3.23. The maximum atomic E-state index is 11.3. The first kappa shape index (κ1) is 11.1. The fourth-order valence-corrected chi connectivity index (χ4v) is 0.988. The number of carbonyl (C=O) groups excluding carboxylic acids is 1. The van der Waals surface area contributed by atoms with Gasteiger partial charge in [0.2, 0.25) is 0 Å². The molecule has 0 radical (unpaired) electrons. The van der Waals surface area contributed by atoms with E-state index in [0.29, 0.717) is 6.54 Å². The number of hydrogen-bond donors (Lipinski definition) is 2. The smallest absolute Gasteiger partial charge is 0.319 e. The van der Waals surface area contributed by atoms with Gasteiger partial charge in [-0.05, 0) is 19.1 Å². The van der Waals surface area contributed by atoms with E-state index in [9.17, 15) is 4.79 Å². The highest BCUT2D eigenvalue weighted by atomic mass is 16.2. The zero-order valence-electron chi connectivity index (χ0n) is 8.53. The number of para-hydroxylation sites is 1. The molecule has 1 unspecified atom stereocenters. The van der Waals surface area contributed by atoms with Gasteiger partial charge >= 0.3 is 6.03 Å². The van der Waals surface area contributed by atoms with Gasteiger partial charge in [0.05, 0.1) is 12.0 Å². The molecule has 2 amide bonds. The van der Waals surface area contributed by atoms with Crippen LogP contribution in [0.5, 0.6) is 0 Å². The molecule has 1 rings (SSSR count). The third kappa shape index (κ3) is 4.14. The highest BCUT2D eigenvalue weighted by Crippen LogP contribution is 2.04. The molecule has 4 heteroatoms. The lowest BCUT2D eigenvalue weighted by Gasteiger charge is -2.07. The van der Waals surface area contributed by atoms with Crippen molar-refractivity contribution in [2.45, 2.75) is 6.92 Å². The number of hydrogen-bond acceptors (Lipinski definition) is 2. The summed E-state index contributed by atoms with van der Waals surface area (Å²) in [5.41, 5.74) is 0.736. The van der Waals surface area contributed by atoms with Crippen LogP contribution < -0.4 is 10.6 Å². The Kier molecular flexibility index (Phi) is 4.17. The first-order valence-electron chi connectivity index (χ1n) is 4.72. The molecule has 1 aromatic rings. The normalized spacial score (nSPS) is 11.2. The third-order valence-corrected chi connectivity index (χ3v) is 1.82. The van der Waals surface area contributed by atoms with Crippen LogP contribution in [0.2, 0.25) is 0 Å². The fraction of sp³-hybridized carbons (Fsp3) is 0.273. The van der Waals surface area contributed by atoms with Gasteiger partial charge in [-0.3, -0.25) is 0 Å². The highest BCUT2D eigenvalue weighted by molar-refractivity contribution is 5.89. The number of anilines is 1. The lowest BCUT2D eigenvalue weighted by Crippen LogP contribution is -2.31. The average Bonchev–Trinajstić information content (AvgIpc) is 2.27. The molecule has 2 N–H and O–H groups in total. The number of benzene rings is 1. The van der Waals surface area contributed by atoms with Gasteiger partial charge < -0.3 is 10.6 Å². The molecule has 15 heavy (non-hydrogen) atoms. The molecule has 78 valence electrons. The van der Waals surface area contributed by atoms with Gasteiger partial charge in [-0.15, -0.1) is 0 Å². The van der Waals surface area contributed by atoms with Crippen LogP contribution in [0.4, 0.5) is 10.5 Å². The minimum Gasteiger partial charge on any atom is -0.337 e. The second-order valence-electron chi connectivity index (χ2n) is 3.23. The van der Waals surface area contributed by atoms with Crippen molar-refractivity contribution in [2.75, 3.05) is 11.9 Å². The molecule has 0 saturated carbocycles. The Hall–Kier alpha value is -2.02. The standard InChI is InChI=1S/C11H13N3O/c1-9(7-12)8-13-11(15)14-10-5-3-2-4-6-10/h2-6,9H,8H2,1H3,(H2,13,14,15). The monoisotopic (exact) mass is 203 g/mol. The predicted octanol–water partition coefficient (Wildman–Crippen LogP) is 1.97. The van der Waals surface area contributed by atoms with Crippen molar-refractivity contribution in [1.29, 1.82) is 5.26 Å². The van der Waals surface area contributed by atoms with Crippen LogP contribution in [0.15, 0.2) is 30.3 Å². The topological polar surface area (TPSA) is 64.9 Å². The summed E-state index contributed by atoms with van der Waals surface area (Å²) in [5, 5.41) is 13.8. The molecule has 1 aromatic carbocycles. The molecular formula is C11H13N3O. The van der Waals surface area contributed by atoms with Gasteiger partial charge in [-0.25, -0.2) is 4.79 Å². The number of nitrogens with one attached hydrogen (secondary N) is 2. The summed E-state index contributed by atoms with van der Waals surface area (Å²) in [6, 6.07) is 10.9. The van der Waals surface area contributed by atoms with E-state index >= 15 is 0 Å². The van der Waals surface area contributed by atoms with Crippen LogP contribution in [-0.4, -0.2) is 12.6 Å². The Morgan fingerprint density at radius 3 is 2.73 bits per heavy atom. The molecule has 0 aromatic heterocycles. The van der Waals surface area contributed by atoms with E-state index in [0.717, 1.165) is 5.69 Å². The lowest BCUT2D eigenvalue weighted by molar-refractivity contribution is 0.251. The summed E-state index contributed by atoms with van der Waals surface area (Å²) in [7, 11) is 0. The molecule has 0 aliphatic carbocycles. The Bertz CT molecular complexity index is 356. The van der Waals surface area contributed by atoms with Gasteiger partial charge in [0.15, 0.2) is 0 Å². The summed E-state index contributed by atoms with van der Waals surface area (Å²) >= 11 is 0. The van der Waals surface area contributed by atoms with E-state index in [1.807, 2.05) is 24.3 Å². The Balaban J connectivity index is 2.35. The molecule has 0 bridgehead atoms. The number of nitriles is 1. The minimum atomic E-state index is -0.289. The molecule has 0 fully saturated rings. The van der Waals surface area contributed by atoms with Crippen LogP contribution in [0.3, 0.4) is 0 Å². The molecule has 0 aliphatic heterocycles. The minimum absolute atomic E-state index is 0.175. The first-order chi connectivity index (χ1) is 7.22. The maximum Gasteiger partial charge on any atom is 0.319 e. The molecular weight excluding hydrogens is 190 g/mol. The molecule has 0 saturated heterocycles. The van der Waals surface area contributed by atoms with Gasteiger partial charge in [0.25, 0.3) is 0 Å². The van der Waals surface area contributed by atoms with Crippen LogP contribution >= 0.6 is 0 Å². The maximum absolute atomic E-state index is 11.3. The van der Waals surface area contributed by atoms with Crippen molar-refractivity contribution in [3.63, 3.8) is 0 Å². The highest BCUT2D eigenvalue weighted by Gasteiger charge is 2.03. The second kappa shape index (κ2) is 5.66. The summed E-state index contributed by atoms with van der Waals surface area (Å²) in [6.07, 6.45) is 0. The zero-order valence-corrected chi connectivity index (χ0v) is 8.53. The molecule has 1 atom stereocenters. The van der Waals surface area contributed by atoms with Crippen molar-refractivity contribution in [1.82, 2.24) is 5.32 Å².